The van der Waals surface area contributed by atoms with Crippen LogP contribution in [0.5, 0.6) is 5.88 Å². The van der Waals surface area contributed by atoms with Gasteiger partial charge in [0.2, 0.25) is 11.8 Å². The molecule has 3 aromatic rings. The van der Waals surface area contributed by atoms with Crippen LogP contribution in [0.25, 0.3) is 11.0 Å². The molecule has 0 aromatic carbocycles. The molecule has 7 heteroatoms. The van der Waals surface area contributed by atoms with Crippen molar-refractivity contribution < 1.29 is 9.53 Å². The smallest absolute Gasteiger partial charge is 0.242 e. The second-order valence-corrected chi connectivity index (χ2v) is 6.26. The van der Waals surface area contributed by atoms with Crippen molar-refractivity contribution in [2.75, 3.05) is 7.11 Å². The van der Waals surface area contributed by atoms with Crippen LogP contribution in [0.2, 0.25) is 0 Å². The van der Waals surface area contributed by atoms with Crippen LogP contribution in [-0.4, -0.2) is 32.8 Å². The Balaban J connectivity index is 1.73. The van der Waals surface area contributed by atoms with E-state index in [0.29, 0.717) is 25.3 Å². The molecule has 0 bridgehead atoms. The summed E-state index contributed by atoms with van der Waals surface area (Å²) in [6.07, 6.45) is 4.47. The minimum atomic E-state index is 0.0128. The van der Waals surface area contributed by atoms with Gasteiger partial charge in [0.25, 0.3) is 0 Å². The number of fused-ring (bicyclic) bond motifs is 1. The molecule has 0 spiro atoms. The van der Waals surface area contributed by atoms with E-state index in [1.54, 1.807) is 24.2 Å². The highest BCUT2D eigenvalue weighted by molar-refractivity contribution is 5.86. The third-order valence-corrected chi connectivity index (χ3v) is 4.56. The normalized spacial score (nSPS) is 10.9. The molecule has 1 amide bonds. The third-order valence-electron chi connectivity index (χ3n) is 4.56. The Morgan fingerprint density at radius 3 is 2.69 bits per heavy atom. The van der Waals surface area contributed by atoms with E-state index < -0.39 is 0 Å². The third kappa shape index (κ3) is 3.51. The van der Waals surface area contributed by atoms with Gasteiger partial charge in [-0.1, -0.05) is 0 Å². The van der Waals surface area contributed by atoms with Gasteiger partial charge in [-0.25, -0.2) is 9.67 Å². The summed E-state index contributed by atoms with van der Waals surface area (Å²) < 4.78 is 7.10. The molecule has 0 aliphatic heterocycles. The molecule has 3 heterocycles. The van der Waals surface area contributed by atoms with Crippen LogP contribution < -0.4 is 10.1 Å². The summed E-state index contributed by atoms with van der Waals surface area (Å²) in [4.78, 5) is 20.8. The van der Waals surface area contributed by atoms with Gasteiger partial charge in [0, 0.05) is 38.1 Å². The summed E-state index contributed by atoms with van der Waals surface area (Å²) in [7, 11) is 3.45. The summed E-state index contributed by atoms with van der Waals surface area (Å²) in [6.45, 7) is 4.51. The predicted octanol–water partition coefficient (Wildman–Crippen LogP) is 2.24. The number of amides is 1. The molecule has 3 aromatic heterocycles. The highest BCUT2D eigenvalue weighted by Gasteiger charge is 2.18. The molecule has 0 unspecified atom stereocenters. The van der Waals surface area contributed by atoms with Gasteiger partial charge in [-0.15, -0.1) is 5.10 Å². The maximum absolute atomic E-state index is 12.2. The number of aryl methyl sites for hydroxylation is 3. The fourth-order valence-corrected chi connectivity index (χ4v) is 3.14. The number of carbonyl (C=O) groups is 1. The molecule has 0 saturated carbocycles. The van der Waals surface area contributed by atoms with Gasteiger partial charge in [0.1, 0.15) is 0 Å². The van der Waals surface area contributed by atoms with E-state index in [2.05, 4.69) is 20.4 Å². The summed E-state index contributed by atoms with van der Waals surface area (Å²) in [5.74, 6) is 0.578. The van der Waals surface area contributed by atoms with Crippen LogP contribution in [0.3, 0.4) is 0 Å². The van der Waals surface area contributed by atoms with Crippen molar-refractivity contribution in [3.05, 3.63) is 46.9 Å². The number of carbonyl (C=O) groups excluding carboxylic acids is 1. The van der Waals surface area contributed by atoms with Gasteiger partial charge in [-0.2, -0.15) is 0 Å². The Labute approximate surface area is 152 Å². The Kier molecular flexibility index (Phi) is 5.16. The maximum Gasteiger partial charge on any atom is 0.242 e. The Morgan fingerprint density at radius 1 is 1.27 bits per heavy atom. The van der Waals surface area contributed by atoms with Crippen molar-refractivity contribution in [1.82, 2.24) is 25.1 Å². The standard InChI is InChI=1S/C19H23N5O2/c1-12-15(5-6-16(25)21-11-14-7-9-20-10-8-14)13(2)22-18-17(12)19(26-4)23-24(18)3/h7-10H,5-6,11H2,1-4H3,(H,21,25). The first-order valence-corrected chi connectivity index (χ1v) is 8.53. The van der Waals surface area contributed by atoms with Crippen molar-refractivity contribution in [2.45, 2.75) is 33.2 Å². The van der Waals surface area contributed by atoms with E-state index in [1.165, 1.54) is 0 Å². The molecule has 3 rings (SSSR count). The van der Waals surface area contributed by atoms with Gasteiger partial charge in [0.15, 0.2) is 5.65 Å². The molecule has 0 atom stereocenters. The largest absolute Gasteiger partial charge is 0.479 e. The lowest BCUT2D eigenvalue weighted by molar-refractivity contribution is -0.121. The average molecular weight is 353 g/mol. The van der Waals surface area contributed by atoms with Crippen molar-refractivity contribution in [2.24, 2.45) is 7.05 Å². The fraction of sp³-hybridized carbons (Fsp3) is 0.368. The first-order chi connectivity index (χ1) is 12.5. The first-order valence-electron chi connectivity index (χ1n) is 8.53. The van der Waals surface area contributed by atoms with Gasteiger partial charge < -0.3 is 10.1 Å². The zero-order chi connectivity index (χ0) is 18.7. The molecule has 0 aliphatic rings. The highest BCUT2D eigenvalue weighted by atomic mass is 16.5. The van der Waals surface area contributed by atoms with Gasteiger partial charge >= 0.3 is 0 Å². The fourth-order valence-electron chi connectivity index (χ4n) is 3.14. The molecule has 7 nitrogen and oxygen atoms in total. The summed E-state index contributed by atoms with van der Waals surface area (Å²) in [5, 5.41) is 8.21. The number of hydrogen-bond acceptors (Lipinski definition) is 5. The number of nitrogens with zero attached hydrogens (tertiary/aromatic N) is 4. The number of pyridine rings is 2. The number of rotatable bonds is 6. The van der Waals surface area contributed by atoms with E-state index in [-0.39, 0.29) is 5.91 Å². The molecule has 0 aliphatic carbocycles. The van der Waals surface area contributed by atoms with E-state index >= 15 is 0 Å². The van der Waals surface area contributed by atoms with Crippen molar-refractivity contribution >= 4 is 16.9 Å². The SMILES string of the molecule is COc1nn(C)c2nc(C)c(CCC(=O)NCc3ccncc3)c(C)c12. The quantitative estimate of drug-likeness (QED) is 0.735. The topological polar surface area (TPSA) is 81.9 Å². The van der Waals surface area contributed by atoms with E-state index in [9.17, 15) is 4.79 Å². The number of hydrogen-bond donors (Lipinski definition) is 1. The van der Waals surface area contributed by atoms with Crippen molar-refractivity contribution in [3.63, 3.8) is 0 Å². The molecule has 0 fully saturated rings. The predicted molar refractivity (Wildman–Crippen MR) is 98.9 cm³/mol. The zero-order valence-corrected chi connectivity index (χ0v) is 15.5. The summed E-state index contributed by atoms with van der Waals surface area (Å²) >= 11 is 0. The molecule has 26 heavy (non-hydrogen) atoms. The van der Waals surface area contributed by atoms with Crippen LogP contribution in [-0.2, 0) is 24.8 Å². The van der Waals surface area contributed by atoms with Crippen LogP contribution in [0.1, 0.15) is 28.8 Å². The minimum Gasteiger partial charge on any atom is -0.479 e. The van der Waals surface area contributed by atoms with Crippen LogP contribution in [0.4, 0.5) is 0 Å². The number of ether oxygens (including phenoxy) is 1. The molecular formula is C19H23N5O2. The number of aromatic nitrogens is 4. The zero-order valence-electron chi connectivity index (χ0n) is 15.5. The molecule has 0 radical (unpaired) electrons. The second-order valence-electron chi connectivity index (χ2n) is 6.26. The average Bonchev–Trinajstić information content (AvgIpc) is 2.96. The van der Waals surface area contributed by atoms with Crippen molar-refractivity contribution in [1.29, 1.82) is 0 Å². The molecular weight excluding hydrogens is 330 g/mol. The van der Waals surface area contributed by atoms with Crippen molar-refractivity contribution in [3.8, 4) is 5.88 Å². The highest BCUT2D eigenvalue weighted by Crippen LogP contribution is 2.30. The number of nitrogens with one attached hydrogen (secondary N) is 1. The Hall–Kier alpha value is -2.96. The monoisotopic (exact) mass is 353 g/mol. The number of methoxy groups -OCH3 is 1. The van der Waals surface area contributed by atoms with Crippen LogP contribution >= 0.6 is 0 Å². The maximum atomic E-state index is 12.2. The van der Waals surface area contributed by atoms with E-state index in [4.69, 9.17) is 4.74 Å². The molecule has 136 valence electrons. The lowest BCUT2D eigenvalue weighted by Crippen LogP contribution is -2.23. The van der Waals surface area contributed by atoms with Crippen LogP contribution in [0.15, 0.2) is 24.5 Å². The van der Waals surface area contributed by atoms with Gasteiger partial charge in [0.05, 0.1) is 12.5 Å². The summed E-state index contributed by atoms with van der Waals surface area (Å²) in [5.41, 5.74) is 4.89. The Morgan fingerprint density at radius 2 is 2.00 bits per heavy atom. The first kappa shape index (κ1) is 17.8. The van der Waals surface area contributed by atoms with Crippen LogP contribution in [0, 0.1) is 13.8 Å². The lowest BCUT2D eigenvalue weighted by atomic mass is 10.00. The minimum absolute atomic E-state index is 0.0128. The second kappa shape index (κ2) is 7.51. The van der Waals surface area contributed by atoms with Gasteiger partial charge in [-0.05, 0) is 49.1 Å². The Bertz CT molecular complexity index is 934. The van der Waals surface area contributed by atoms with Gasteiger partial charge in [-0.3, -0.25) is 9.78 Å². The van der Waals surface area contributed by atoms with E-state index in [0.717, 1.165) is 33.4 Å². The summed E-state index contributed by atoms with van der Waals surface area (Å²) in [6, 6.07) is 3.78. The molecule has 1 N–H and O–H groups in total. The molecule has 0 saturated heterocycles. The van der Waals surface area contributed by atoms with E-state index in [1.807, 2.05) is 33.0 Å². The lowest BCUT2D eigenvalue weighted by Gasteiger charge is -2.11.